The number of hydrogen-bond acceptors (Lipinski definition) is 3. The molecule has 1 amide bonds. The van der Waals surface area contributed by atoms with Gasteiger partial charge in [-0.25, -0.2) is 4.79 Å². The lowest BCUT2D eigenvalue weighted by molar-refractivity contribution is 0.0341. The molecular weight excluding hydrogens is 434 g/mol. The summed E-state index contributed by atoms with van der Waals surface area (Å²) in [5.41, 5.74) is 4.99. The molecule has 4 nitrogen and oxygen atoms in total. The van der Waals surface area contributed by atoms with E-state index in [1.807, 2.05) is 111 Å². The van der Waals surface area contributed by atoms with Crippen LogP contribution in [-0.2, 0) is 4.74 Å². The van der Waals surface area contributed by atoms with E-state index < -0.39 is 5.41 Å². The Labute approximate surface area is 206 Å². The summed E-state index contributed by atoms with van der Waals surface area (Å²) >= 11 is 0. The largest absolute Gasteiger partial charge is 0.461 e. The highest BCUT2D eigenvalue weighted by Gasteiger charge is 2.22. The van der Waals surface area contributed by atoms with Gasteiger partial charge in [-0.1, -0.05) is 98.8 Å². The fourth-order valence-electron chi connectivity index (χ4n) is 3.69. The van der Waals surface area contributed by atoms with Gasteiger partial charge in [-0.15, -0.1) is 0 Å². The van der Waals surface area contributed by atoms with Crippen LogP contribution in [0, 0.1) is 5.41 Å². The average Bonchev–Trinajstić information content (AvgIpc) is 2.92. The van der Waals surface area contributed by atoms with Crippen molar-refractivity contribution < 1.29 is 14.3 Å². The predicted octanol–water partition coefficient (Wildman–Crippen LogP) is 6.63. The lowest BCUT2D eigenvalue weighted by atomic mass is 9.94. The number of ether oxygens (including phenoxy) is 1. The van der Waals surface area contributed by atoms with Gasteiger partial charge in [0.2, 0.25) is 0 Å². The molecule has 0 saturated heterocycles. The topological polar surface area (TPSA) is 55.4 Å². The van der Waals surface area contributed by atoms with Crippen molar-refractivity contribution in [1.82, 2.24) is 5.32 Å². The zero-order valence-electron chi connectivity index (χ0n) is 20.0. The summed E-state index contributed by atoms with van der Waals surface area (Å²) in [5, 5.41) is 2.96. The van der Waals surface area contributed by atoms with Gasteiger partial charge in [0.15, 0.2) is 0 Å². The second kappa shape index (κ2) is 10.8. The molecule has 0 radical (unpaired) electrons. The Morgan fingerprint density at radius 2 is 1.06 bits per heavy atom. The summed E-state index contributed by atoms with van der Waals surface area (Å²) < 4.78 is 5.55. The maximum atomic E-state index is 12.6. The molecule has 4 rings (SSSR count). The smallest absolute Gasteiger partial charge is 0.338 e. The van der Waals surface area contributed by atoms with Crippen LogP contribution in [0.4, 0.5) is 0 Å². The van der Waals surface area contributed by atoms with Crippen LogP contribution in [0.5, 0.6) is 0 Å². The van der Waals surface area contributed by atoms with Crippen molar-refractivity contribution in [2.45, 2.75) is 13.8 Å². The van der Waals surface area contributed by atoms with Crippen molar-refractivity contribution in [3.8, 4) is 22.3 Å². The minimum atomic E-state index is -0.417. The maximum absolute atomic E-state index is 12.6. The summed E-state index contributed by atoms with van der Waals surface area (Å²) in [7, 11) is 0. The van der Waals surface area contributed by atoms with Crippen molar-refractivity contribution in [3.63, 3.8) is 0 Å². The third-order valence-corrected chi connectivity index (χ3v) is 5.80. The number of amides is 1. The van der Waals surface area contributed by atoms with Gasteiger partial charge in [0.1, 0.15) is 0 Å². The molecule has 4 aromatic carbocycles. The number of carbonyl (C=O) groups excluding carboxylic acids is 2. The van der Waals surface area contributed by atoms with E-state index in [4.69, 9.17) is 4.74 Å². The van der Waals surface area contributed by atoms with E-state index in [0.717, 1.165) is 22.3 Å². The monoisotopic (exact) mass is 463 g/mol. The first-order valence-electron chi connectivity index (χ1n) is 11.7. The fraction of sp³-hybridized carbons (Fsp3) is 0.161. The number of benzene rings is 4. The zero-order valence-corrected chi connectivity index (χ0v) is 20.0. The standard InChI is InChI=1S/C31H29NO3/c1-31(2,21-32-29(33)27-17-13-25(14-18-27)23-9-5-3-6-10-23)22-35-30(34)28-19-15-26(16-20-28)24-11-7-4-8-12-24/h3-20H,21-22H2,1-2H3,(H,32,33). The number of hydrogen-bond donors (Lipinski definition) is 1. The van der Waals surface area contributed by atoms with Crippen LogP contribution in [0.25, 0.3) is 22.3 Å². The SMILES string of the molecule is CC(C)(CNC(=O)c1ccc(-c2ccccc2)cc1)COC(=O)c1ccc(-c2ccccc2)cc1. The molecule has 0 saturated carbocycles. The van der Waals surface area contributed by atoms with E-state index in [0.29, 0.717) is 17.7 Å². The maximum Gasteiger partial charge on any atom is 0.338 e. The van der Waals surface area contributed by atoms with Crippen LogP contribution in [0.2, 0.25) is 0 Å². The molecule has 4 heteroatoms. The third-order valence-electron chi connectivity index (χ3n) is 5.80. The van der Waals surface area contributed by atoms with E-state index >= 15 is 0 Å². The van der Waals surface area contributed by atoms with E-state index in [9.17, 15) is 9.59 Å². The van der Waals surface area contributed by atoms with Gasteiger partial charge >= 0.3 is 5.97 Å². The number of esters is 1. The average molecular weight is 464 g/mol. The quantitative estimate of drug-likeness (QED) is 0.298. The Morgan fingerprint density at radius 3 is 1.54 bits per heavy atom. The number of nitrogens with one attached hydrogen (secondary N) is 1. The Hall–Kier alpha value is -4.18. The van der Waals surface area contributed by atoms with Crippen LogP contribution >= 0.6 is 0 Å². The molecule has 0 heterocycles. The highest BCUT2D eigenvalue weighted by Crippen LogP contribution is 2.22. The Kier molecular flexibility index (Phi) is 7.41. The fourth-order valence-corrected chi connectivity index (χ4v) is 3.69. The minimum absolute atomic E-state index is 0.152. The molecule has 0 atom stereocenters. The summed E-state index contributed by atoms with van der Waals surface area (Å²) in [4.78, 5) is 25.2. The second-order valence-corrected chi connectivity index (χ2v) is 9.31. The van der Waals surface area contributed by atoms with E-state index in [1.54, 1.807) is 12.1 Å². The molecule has 0 spiro atoms. The minimum Gasteiger partial charge on any atom is -0.461 e. The third kappa shape index (κ3) is 6.45. The van der Waals surface area contributed by atoms with Crippen molar-refractivity contribution in [3.05, 3.63) is 120 Å². The van der Waals surface area contributed by atoms with Crippen molar-refractivity contribution in [2.24, 2.45) is 5.41 Å². The van der Waals surface area contributed by atoms with Gasteiger partial charge in [-0.2, -0.15) is 0 Å². The highest BCUT2D eigenvalue weighted by molar-refractivity contribution is 5.94. The van der Waals surface area contributed by atoms with Crippen molar-refractivity contribution in [2.75, 3.05) is 13.2 Å². The Bertz CT molecular complexity index is 1160. The van der Waals surface area contributed by atoms with Crippen molar-refractivity contribution in [1.29, 1.82) is 0 Å². The molecule has 0 aliphatic rings. The summed E-state index contributed by atoms with van der Waals surface area (Å²) in [6, 6.07) is 35.0. The molecule has 0 aromatic heterocycles. The number of carbonyl (C=O) groups is 2. The van der Waals surface area contributed by atoms with Crippen molar-refractivity contribution >= 4 is 11.9 Å². The molecule has 176 valence electrons. The molecule has 4 aromatic rings. The summed E-state index contributed by atoms with van der Waals surface area (Å²) in [5.74, 6) is -0.527. The normalized spacial score (nSPS) is 11.0. The highest BCUT2D eigenvalue weighted by atomic mass is 16.5. The van der Waals surface area contributed by atoms with Gasteiger partial charge in [0.25, 0.3) is 5.91 Å². The first-order valence-corrected chi connectivity index (χ1v) is 11.7. The van der Waals surface area contributed by atoms with Crippen LogP contribution in [0.15, 0.2) is 109 Å². The van der Waals surface area contributed by atoms with E-state index in [1.165, 1.54) is 0 Å². The van der Waals surface area contributed by atoms with Gasteiger partial charge in [0.05, 0.1) is 12.2 Å². The van der Waals surface area contributed by atoms with E-state index in [2.05, 4.69) is 5.32 Å². The lowest BCUT2D eigenvalue weighted by Gasteiger charge is -2.24. The molecule has 0 unspecified atom stereocenters. The van der Waals surface area contributed by atoms with Gasteiger partial charge in [-0.3, -0.25) is 4.79 Å². The summed E-state index contributed by atoms with van der Waals surface area (Å²) in [6.07, 6.45) is 0. The molecule has 0 aliphatic heterocycles. The van der Waals surface area contributed by atoms with Gasteiger partial charge in [0, 0.05) is 17.5 Å². The Morgan fingerprint density at radius 1 is 0.629 bits per heavy atom. The van der Waals surface area contributed by atoms with Gasteiger partial charge in [-0.05, 0) is 46.5 Å². The van der Waals surface area contributed by atoms with E-state index in [-0.39, 0.29) is 18.5 Å². The lowest BCUT2D eigenvalue weighted by Crippen LogP contribution is -2.37. The predicted molar refractivity (Wildman–Crippen MR) is 140 cm³/mol. The second-order valence-electron chi connectivity index (χ2n) is 9.31. The molecule has 0 aliphatic carbocycles. The van der Waals surface area contributed by atoms with Crippen LogP contribution in [-0.4, -0.2) is 25.0 Å². The number of rotatable bonds is 8. The van der Waals surface area contributed by atoms with Crippen LogP contribution in [0.3, 0.4) is 0 Å². The van der Waals surface area contributed by atoms with Crippen LogP contribution < -0.4 is 5.32 Å². The molecular formula is C31H29NO3. The first kappa shape index (κ1) is 24.0. The first-order chi connectivity index (χ1) is 16.9. The molecule has 1 N–H and O–H groups in total. The molecule has 35 heavy (non-hydrogen) atoms. The zero-order chi connectivity index (χ0) is 24.7. The van der Waals surface area contributed by atoms with Crippen LogP contribution in [0.1, 0.15) is 34.6 Å². The molecule has 0 fully saturated rings. The Balaban J connectivity index is 1.27. The molecule has 0 bridgehead atoms. The van der Waals surface area contributed by atoms with Gasteiger partial charge < -0.3 is 10.1 Å². The summed E-state index contributed by atoms with van der Waals surface area (Å²) in [6.45, 7) is 4.49.